The molecule has 1 N–H and O–H groups in total. The molecule has 4 heteroatoms. The molecule has 1 aliphatic heterocycles. The lowest BCUT2D eigenvalue weighted by molar-refractivity contribution is -0.00579. The predicted octanol–water partition coefficient (Wildman–Crippen LogP) is 2.08. The van der Waals surface area contributed by atoms with Gasteiger partial charge in [0, 0.05) is 11.0 Å². The smallest absolute Gasteiger partial charge is 0.124 e. The van der Waals surface area contributed by atoms with Gasteiger partial charge in [0.25, 0.3) is 0 Å². The van der Waals surface area contributed by atoms with Crippen LogP contribution >= 0.6 is 15.9 Å². The first-order chi connectivity index (χ1) is 6.74. The number of hydrogen-bond acceptors (Lipinski definition) is 2. The summed E-state index contributed by atoms with van der Waals surface area (Å²) in [5, 5.41) is 3.28. The molecule has 76 valence electrons. The van der Waals surface area contributed by atoms with Crippen molar-refractivity contribution >= 4 is 15.9 Å². The average molecular weight is 260 g/mol. The topological polar surface area (TPSA) is 21.3 Å². The molecule has 0 radical (unpaired) electrons. The number of benzene rings is 1. The van der Waals surface area contributed by atoms with Crippen molar-refractivity contribution in [3.63, 3.8) is 0 Å². The van der Waals surface area contributed by atoms with Crippen LogP contribution in [0.15, 0.2) is 22.7 Å². The van der Waals surface area contributed by atoms with Gasteiger partial charge in [0.05, 0.1) is 19.3 Å². The molecule has 14 heavy (non-hydrogen) atoms. The van der Waals surface area contributed by atoms with Crippen molar-refractivity contribution in [3.05, 3.63) is 34.1 Å². The lowest BCUT2D eigenvalue weighted by Crippen LogP contribution is -2.45. The summed E-state index contributed by atoms with van der Waals surface area (Å²) in [5.41, 5.74) is 0.948. The highest BCUT2D eigenvalue weighted by Gasteiger charge is 2.16. The Bertz CT molecular complexity index is 308. The Balaban J connectivity index is 1.94. The van der Waals surface area contributed by atoms with Crippen LogP contribution in [-0.4, -0.2) is 19.3 Å². The summed E-state index contributed by atoms with van der Waals surface area (Å²) >= 11 is 3.26. The predicted molar refractivity (Wildman–Crippen MR) is 55.5 cm³/mol. The largest absolute Gasteiger partial charge is 0.378 e. The van der Waals surface area contributed by atoms with Crippen LogP contribution in [0.2, 0.25) is 0 Å². The van der Waals surface area contributed by atoms with E-state index in [1.807, 2.05) is 6.07 Å². The van der Waals surface area contributed by atoms with Crippen molar-refractivity contribution in [3.8, 4) is 0 Å². The van der Waals surface area contributed by atoms with Gasteiger partial charge in [0.15, 0.2) is 0 Å². The maximum Gasteiger partial charge on any atom is 0.124 e. The molecule has 1 aromatic rings. The minimum Gasteiger partial charge on any atom is -0.378 e. The summed E-state index contributed by atoms with van der Waals surface area (Å²) in [5.74, 6) is -0.207. The molecule has 1 aliphatic rings. The highest BCUT2D eigenvalue weighted by molar-refractivity contribution is 9.10. The SMILES string of the molecule is Fc1cc(Br)cc(CNC2COC2)c1. The highest BCUT2D eigenvalue weighted by atomic mass is 79.9. The second kappa shape index (κ2) is 4.38. The van der Waals surface area contributed by atoms with Crippen LogP contribution in [0.4, 0.5) is 4.39 Å². The van der Waals surface area contributed by atoms with Crippen LogP contribution in [-0.2, 0) is 11.3 Å². The molecule has 0 aromatic heterocycles. The molecule has 0 atom stereocenters. The van der Waals surface area contributed by atoms with E-state index < -0.39 is 0 Å². The summed E-state index contributed by atoms with van der Waals surface area (Å²) in [6.45, 7) is 2.21. The van der Waals surface area contributed by atoms with Crippen LogP contribution in [0.3, 0.4) is 0 Å². The minimum atomic E-state index is -0.207. The van der Waals surface area contributed by atoms with Gasteiger partial charge in [-0.2, -0.15) is 0 Å². The zero-order valence-corrected chi connectivity index (χ0v) is 9.18. The monoisotopic (exact) mass is 259 g/mol. The lowest BCUT2D eigenvalue weighted by atomic mass is 10.2. The Hall–Kier alpha value is -0.450. The molecular weight excluding hydrogens is 249 g/mol. The van der Waals surface area contributed by atoms with Crippen LogP contribution < -0.4 is 5.32 Å². The van der Waals surface area contributed by atoms with Crippen molar-refractivity contribution in [1.29, 1.82) is 0 Å². The van der Waals surface area contributed by atoms with Crippen LogP contribution in [0.1, 0.15) is 5.56 Å². The van der Waals surface area contributed by atoms with Crippen molar-refractivity contribution in [2.24, 2.45) is 0 Å². The first-order valence-electron chi connectivity index (χ1n) is 4.50. The van der Waals surface area contributed by atoms with Gasteiger partial charge in [-0.05, 0) is 23.8 Å². The van der Waals surface area contributed by atoms with Crippen molar-refractivity contribution < 1.29 is 9.13 Å². The Labute approximate surface area is 90.6 Å². The van der Waals surface area contributed by atoms with Gasteiger partial charge in [-0.3, -0.25) is 0 Å². The normalized spacial score (nSPS) is 16.7. The van der Waals surface area contributed by atoms with Gasteiger partial charge in [-0.15, -0.1) is 0 Å². The lowest BCUT2D eigenvalue weighted by Gasteiger charge is -2.27. The van der Waals surface area contributed by atoms with Gasteiger partial charge in [0.1, 0.15) is 5.82 Å². The molecule has 0 spiro atoms. The van der Waals surface area contributed by atoms with Crippen molar-refractivity contribution in [1.82, 2.24) is 5.32 Å². The van der Waals surface area contributed by atoms with E-state index in [0.29, 0.717) is 12.6 Å². The second-order valence-electron chi connectivity index (χ2n) is 3.39. The zero-order valence-electron chi connectivity index (χ0n) is 7.59. The molecule has 1 aromatic carbocycles. The number of nitrogens with one attached hydrogen (secondary N) is 1. The highest BCUT2D eigenvalue weighted by Crippen LogP contribution is 2.15. The fraction of sp³-hybridized carbons (Fsp3) is 0.400. The molecule has 2 nitrogen and oxygen atoms in total. The van der Waals surface area contributed by atoms with Gasteiger partial charge in [0.2, 0.25) is 0 Å². The van der Waals surface area contributed by atoms with E-state index in [2.05, 4.69) is 21.2 Å². The van der Waals surface area contributed by atoms with E-state index in [4.69, 9.17) is 4.74 Å². The van der Waals surface area contributed by atoms with Crippen LogP contribution in [0.25, 0.3) is 0 Å². The third-order valence-corrected chi connectivity index (χ3v) is 2.61. The van der Waals surface area contributed by atoms with E-state index in [1.165, 1.54) is 12.1 Å². The zero-order chi connectivity index (χ0) is 9.97. The van der Waals surface area contributed by atoms with E-state index in [1.54, 1.807) is 0 Å². The Morgan fingerprint density at radius 2 is 2.21 bits per heavy atom. The third kappa shape index (κ3) is 2.53. The summed E-state index contributed by atoms with van der Waals surface area (Å²) in [7, 11) is 0. The standard InChI is InChI=1S/C10H11BrFNO/c11-8-1-7(2-9(12)3-8)4-13-10-5-14-6-10/h1-3,10,13H,4-6H2. The number of halogens is 2. The maximum atomic E-state index is 13.0. The van der Waals surface area contributed by atoms with E-state index in [9.17, 15) is 4.39 Å². The molecule has 0 unspecified atom stereocenters. The summed E-state index contributed by atoms with van der Waals surface area (Å²) in [6, 6.07) is 5.33. The summed E-state index contributed by atoms with van der Waals surface area (Å²) in [4.78, 5) is 0. The molecule has 0 saturated carbocycles. The average Bonchev–Trinajstić information content (AvgIpc) is 1.99. The molecule has 1 heterocycles. The molecule has 2 rings (SSSR count). The first-order valence-corrected chi connectivity index (χ1v) is 5.29. The van der Waals surface area contributed by atoms with Gasteiger partial charge in [-0.25, -0.2) is 4.39 Å². The van der Waals surface area contributed by atoms with E-state index in [0.717, 1.165) is 23.2 Å². The quantitative estimate of drug-likeness (QED) is 0.898. The third-order valence-electron chi connectivity index (χ3n) is 2.16. The molecule has 1 saturated heterocycles. The molecule has 0 aliphatic carbocycles. The van der Waals surface area contributed by atoms with Gasteiger partial charge in [-0.1, -0.05) is 15.9 Å². The molecule has 0 bridgehead atoms. The van der Waals surface area contributed by atoms with Gasteiger partial charge >= 0.3 is 0 Å². The van der Waals surface area contributed by atoms with E-state index >= 15 is 0 Å². The number of rotatable bonds is 3. The van der Waals surface area contributed by atoms with Gasteiger partial charge < -0.3 is 10.1 Å². The van der Waals surface area contributed by atoms with E-state index in [-0.39, 0.29) is 5.82 Å². The molecule has 0 amide bonds. The second-order valence-corrected chi connectivity index (χ2v) is 4.31. The Kier molecular flexibility index (Phi) is 3.15. The maximum absolute atomic E-state index is 13.0. The summed E-state index contributed by atoms with van der Waals surface area (Å²) < 4.78 is 18.8. The minimum absolute atomic E-state index is 0.207. The first kappa shape index (κ1) is 10.1. The molecule has 1 fully saturated rings. The van der Waals surface area contributed by atoms with Crippen LogP contribution in [0.5, 0.6) is 0 Å². The number of ether oxygens (including phenoxy) is 1. The van der Waals surface area contributed by atoms with Crippen molar-refractivity contribution in [2.45, 2.75) is 12.6 Å². The fourth-order valence-electron chi connectivity index (χ4n) is 1.33. The number of hydrogen-bond donors (Lipinski definition) is 1. The Morgan fingerprint density at radius 3 is 2.79 bits per heavy atom. The summed E-state index contributed by atoms with van der Waals surface area (Å²) in [6.07, 6.45) is 0. The van der Waals surface area contributed by atoms with Crippen LogP contribution in [0, 0.1) is 5.82 Å². The molecular formula is C10H11BrFNO. The fourth-order valence-corrected chi connectivity index (χ4v) is 1.84. The van der Waals surface area contributed by atoms with Crippen molar-refractivity contribution in [2.75, 3.05) is 13.2 Å². The Morgan fingerprint density at radius 1 is 1.43 bits per heavy atom.